The van der Waals surface area contributed by atoms with E-state index in [4.69, 9.17) is 5.73 Å². The Morgan fingerprint density at radius 1 is 1.47 bits per heavy atom. The maximum Gasteiger partial charge on any atom is 0.153 e. The Bertz CT molecular complexity index is 593. The van der Waals surface area contributed by atoms with Gasteiger partial charge in [0.05, 0.1) is 5.69 Å². The van der Waals surface area contributed by atoms with Gasteiger partial charge in [-0.3, -0.25) is 5.10 Å². The van der Waals surface area contributed by atoms with E-state index in [0.29, 0.717) is 0 Å². The highest BCUT2D eigenvalue weighted by atomic mass is 79.9. The summed E-state index contributed by atoms with van der Waals surface area (Å²) in [6.45, 7) is 3.99. The Hall–Kier alpha value is -1.33. The highest BCUT2D eigenvalue weighted by Crippen LogP contribution is 2.30. The molecule has 0 spiro atoms. The molecule has 2 heterocycles. The fourth-order valence-electron chi connectivity index (χ4n) is 2.60. The van der Waals surface area contributed by atoms with Crippen LogP contribution in [0.2, 0.25) is 0 Å². The minimum atomic E-state index is 0.269. The van der Waals surface area contributed by atoms with E-state index in [0.717, 1.165) is 41.1 Å². The Morgan fingerprint density at radius 3 is 3.00 bits per heavy atom. The second-order valence-corrected chi connectivity index (χ2v) is 5.97. The van der Waals surface area contributed by atoms with Crippen LogP contribution in [0.1, 0.15) is 12.0 Å². The number of halogens is 1. The lowest BCUT2D eigenvalue weighted by Crippen LogP contribution is -2.26. The maximum absolute atomic E-state index is 5.96. The predicted molar refractivity (Wildman–Crippen MR) is 81.3 cm³/mol. The third-order valence-electron chi connectivity index (χ3n) is 3.62. The van der Waals surface area contributed by atoms with Gasteiger partial charge in [-0.15, -0.1) is 0 Å². The second-order valence-electron chi connectivity index (χ2n) is 5.05. The van der Waals surface area contributed by atoms with Crippen molar-refractivity contribution in [1.29, 1.82) is 0 Å². The third kappa shape index (κ3) is 2.40. The Balaban J connectivity index is 1.95. The monoisotopic (exact) mass is 320 g/mol. The molecule has 1 aromatic heterocycles. The first-order valence-corrected chi connectivity index (χ1v) is 7.26. The van der Waals surface area contributed by atoms with Crippen molar-refractivity contribution in [3.63, 3.8) is 0 Å². The van der Waals surface area contributed by atoms with Gasteiger partial charge in [0.25, 0.3) is 0 Å². The number of H-pyrrole nitrogens is 1. The van der Waals surface area contributed by atoms with Gasteiger partial charge in [0.15, 0.2) is 5.82 Å². The molecule has 19 heavy (non-hydrogen) atoms. The third-order valence-corrected chi connectivity index (χ3v) is 4.11. The summed E-state index contributed by atoms with van der Waals surface area (Å²) in [5.74, 6) is 1.03. The van der Waals surface area contributed by atoms with Crippen molar-refractivity contribution in [3.8, 4) is 11.3 Å². The smallest absolute Gasteiger partial charge is 0.153 e. The van der Waals surface area contributed by atoms with E-state index in [1.165, 1.54) is 5.56 Å². The van der Waals surface area contributed by atoms with Crippen LogP contribution < -0.4 is 10.6 Å². The molecule has 2 aromatic rings. The zero-order valence-electron chi connectivity index (χ0n) is 10.9. The summed E-state index contributed by atoms with van der Waals surface area (Å²) >= 11 is 3.50. The highest BCUT2D eigenvalue weighted by Gasteiger charge is 2.23. The van der Waals surface area contributed by atoms with Crippen LogP contribution in [0.4, 0.5) is 5.82 Å². The molecule has 0 bridgehead atoms. The number of anilines is 1. The summed E-state index contributed by atoms with van der Waals surface area (Å²) in [6, 6.07) is 8.51. The highest BCUT2D eigenvalue weighted by molar-refractivity contribution is 9.10. The maximum atomic E-state index is 5.96. The number of hydrogen-bond donors (Lipinski definition) is 2. The molecule has 0 radical (unpaired) electrons. The average molecular weight is 321 g/mol. The molecule has 1 unspecified atom stereocenters. The van der Waals surface area contributed by atoms with Gasteiger partial charge in [0, 0.05) is 34.7 Å². The van der Waals surface area contributed by atoms with Gasteiger partial charge in [-0.25, -0.2) is 0 Å². The Kier molecular flexibility index (Phi) is 3.33. The molecular formula is C14H17BrN4. The minimum Gasteiger partial charge on any atom is -0.353 e. The number of benzene rings is 1. The summed E-state index contributed by atoms with van der Waals surface area (Å²) in [4.78, 5) is 2.26. The molecule has 5 heteroatoms. The van der Waals surface area contributed by atoms with E-state index in [2.05, 4.69) is 50.1 Å². The molecule has 0 saturated carbocycles. The summed E-state index contributed by atoms with van der Waals surface area (Å²) in [5.41, 5.74) is 9.38. The molecule has 3 rings (SSSR count). The fraction of sp³-hybridized carbons (Fsp3) is 0.357. The number of aromatic amines is 1. The van der Waals surface area contributed by atoms with Crippen molar-refractivity contribution >= 4 is 21.7 Å². The van der Waals surface area contributed by atoms with E-state index in [1.54, 1.807) is 0 Å². The van der Waals surface area contributed by atoms with Gasteiger partial charge in [-0.2, -0.15) is 5.10 Å². The molecule has 1 aliphatic heterocycles. The molecule has 1 atom stereocenters. The van der Waals surface area contributed by atoms with Gasteiger partial charge in [0.1, 0.15) is 0 Å². The molecule has 100 valence electrons. The number of nitrogens with one attached hydrogen (secondary N) is 1. The quantitative estimate of drug-likeness (QED) is 0.894. The van der Waals surface area contributed by atoms with Crippen LogP contribution in [-0.2, 0) is 0 Å². The lowest BCUT2D eigenvalue weighted by molar-refractivity contribution is 0.751. The van der Waals surface area contributed by atoms with Crippen molar-refractivity contribution in [2.75, 3.05) is 18.0 Å². The van der Waals surface area contributed by atoms with Crippen LogP contribution in [0.5, 0.6) is 0 Å². The van der Waals surface area contributed by atoms with E-state index in [9.17, 15) is 0 Å². The van der Waals surface area contributed by atoms with Crippen LogP contribution in [0, 0.1) is 6.92 Å². The SMILES string of the molecule is Cc1c(N2CCC(N)C2)n[nH]c1-c1cccc(Br)c1. The molecule has 4 nitrogen and oxygen atoms in total. The molecule has 0 amide bonds. The lowest BCUT2D eigenvalue weighted by Gasteiger charge is -2.15. The van der Waals surface area contributed by atoms with Crippen LogP contribution in [0.25, 0.3) is 11.3 Å². The summed E-state index contributed by atoms with van der Waals surface area (Å²) in [6.07, 6.45) is 1.04. The van der Waals surface area contributed by atoms with Gasteiger partial charge < -0.3 is 10.6 Å². The minimum absolute atomic E-state index is 0.269. The van der Waals surface area contributed by atoms with E-state index in [-0.39, 0.29) is 6.04 Å². The summed E-state index contributed by atoms with van der Waals surface area (Å²) < 4.78 is 1.07. The van der Waals surface area contributed by atoms with Crippen molar-refractivity contribution < 1.29 is 0 Å². The summed E-state index contributed by atoms with van der Waals surface area (Å²) in [5, 5.41) is 7.62. The number of hydrogen-bond acceptors (Lipinski definition) is 3. The zero-order valence-corrected chi connectivity index (χ0v) is 12.4. The van der Waals surface area contributed by atoms with Crippen LogP contribution in [0.3, 0.4) is 0 Å². The van der Waals surface area contributed by atoms with Gasteiger partial charge in [-0.05, 0) is 25.5 Å². The van der Waals surface area contributed by atoms with E-state index >= 15 is 0 Å². The van der Waals surface area contributed by atoms with E-state index in [1.807, 2.05) is 12.1 Å². The normalized spacial score (nSPS) is 19.1. The molecule has 1 aromatic carbocycles. The topological polar surface area (TPSA) is 57.9 Å². The molecule has 1 aliphatic rings. The molecule has 1 fully saturated rings. The zero-order chi connectivity index (χ0) is 13.4. The van der Waals surface area contributed by atoms with E-state index < -0.39 is 0 Å². The van der Waals surface area contributed by atoms with Gasteiger partial charge in [0.2, 0.25) is 0 Å². The molecule has 1 saturated heterocycles. The van der Waals surface area contributed by atoms with Crippen molar-refractivity contribution in [3.05, 3.63) is 34.3 Å². The van der Waals surface area contributed by atoms with Crippen LogP contribution in [0.15, 0.2) is 28.7 Å². The first-order valence-electron chi connectivity index (χ1n) is 6.46. The molecule has 3 N–H and O–H groups in total. The van der Waals surface area contributed by atoms with Crippen molar-refractivity contribution in [2.45, 2.75) is 19.4 Å². The Morgan fingerprint density at radius 2 is 2.32 bits per heavy atom. The first kappa shape index (κ1) is 12.7. The van der Waals surface area contributed by atoms with Crippen molar-refractivity contribution in [2.24, 2.45) is 5.73 Å². The van der Waals surface area contributed by atoms with Crippen LogP contribution >= 0.6 is 15.9 Å². The Labute approximate surface area is 121 Å². The average Bonchev–Trinajstić information content (AvgIpc) is 2.95. The van der Waals surface area contributed by atoms with Gasteiger partial charge in [-0.1, -0.05) is 28.1 Å². The lowest BCUT2D eigenvalue weighted by atomic mass is 10.1. The number of nitrogens with zero attached hydrogens (tertiary/aromatic N) is 2. The first-order chi connectivity index (χ1) is 9.15. The largest absolute Gasteiger partial charge is 0.353 e. The molecular weight excluding hydrogens is 304 g/mol. The van der Waals surface area contributed by atoms with Gasteiger partial charge >= 0.3 is 0 Å². The van der Waals surface area contributed by atoms with Crippen LogP contribution in [-0.4, -0.2) is 29.3 Å². The second kappa shape index (κ2) is 4.98. The number of nitrogens with two attached hydrogens (primary N) is 1. The number of aromatic nitrogens is 2. The summed E-state index contributed by atoms with van der Waals surface area (Å²) in [7, 11) is 0. The fourth-order valence-corrected chi connectivity index (χ4v) is 3.00. The number of rotatable bonds is 2. The standard InChI is InChI=1S/C14H17BrN4/c1-9-13(10-3-2-4-11(15)7-10)17-18-14(9)19-6-5-12(16)8-19/h2-4,7,12H,5-6,8,16H2,1H3,(H,17,18). The van der Waals surface area contributed by atoms with Crippen molar-refractivity contribution in [1.82, 2.24) is 10.2 Å². The molecule has 0 aliphatic carbocycles. The predicted octanol–water partition coefficient (Wildman–Crippen LogP) is 2.69.